The highest BCUT2D eigenvalue weighted by atomic mass is 19.3. The van der Waals surface area contributed by atoms with Gasteiger partial charge in [-0.05, 0) is 42.5 Å². The lowest BCUT2D eigenvalue weighted by atomic mass is 9.59. The number of hydrogen-bond donors (Lipinski definition) is 0. The minimum Gasteiger partial charge on any atom is -0.418 e. The SMILES string of the molecule is CC(C)C1=C[C@]2(c3nnc(C(F)F)o3)CC[C@H]1c1cc(-c3c(F)cccc3F)nnc12. The summed E-state index contributed by atoms with van der Waals surface area (Å²) >= 11 is 0. The van der Waals surface area contributed by atoms with Crippen molar-refractivity contribution in [3.63, 3.8) is 0 Å². The molecule has 0 fully saturated rings. The van der Waals surface area contributed by atoms with Crippen LogP contribution in [-0.2, 0) is 5.41 Å². The van der Waals surface area contributed by atoms with Crippen LogP contribution in [0.2, 0.25) is 0 Å². The predicted octanol–water partition coefficient (Wildman–Crippen LogP) is 5.50. The van der Waals surface area contributed by atoms with Crippen molar-refractivity contribution in [2.75, 3.05) is 0 Å². The van der Waals surface area contributed by atoms with Crippen molar-refractivity contribution in [2.24, 2.45) is 5.92 Å². The molecule has 0 N–H and O–H groups in total. The lowest BCUT2D eigenvalue weighted by Crippen LogP contribution is -2.40. The lowest BCUT2D eigenvalue weighted by Gasteiger charge is -2.44. The van der Waals surface area contributed by atoms with Crippen LogP contribution in [0.5, 0.6) is 0 Å². The Balaban J connectivity index is 1.72. The molecule has 9 heteroatoms. The van der Waals surface area contributed by atoms with Gasteiger partial charge in [-0.3, -0.25) is 0 Å². The Morgan fingerprint density at radius 2 is 1.81 bits per heavy atom. The molecule has 0 amide bonds. The molecule has 2 bridgehead atoms. The lowest BCUT2D eigenvalue weighted by molar-refractivity contribution is 0.111. The summed E-state index contributed by atoms with van der Waals surface area (Å²) in [5.74, 6) is -2.06. The zero-order valence-corrected chi connectivity index (χ0v) is 16.7. The van der Waals surface area contributed by atoms with Gasteiger partial charge >= 0.3 is 6.43 Å². The molecular weight excluding hydrogens is 412 g/mol. The fraction of sp³-hybridized carbons (Fsp3) is 0.364. The van der Waals surface area contributed by atoms with Gasteiger partial charge in [0.2, 0.25) is 5.89 Å². The quantitative estimate of drug-likeness (QED) is 0.404. The highest BCUT2D eigenvalue weighted by molar-refractivity contribution is 5.64. The fourth-order valence-electron chi connectivity index (χ4n) is 4.74. The minimum absolute atomic E-state index is 0.0153. The summed E-state index contributed by atoms with van der Waals surface area (Å²) in [5.41, 5.74) is 1.16. The molecule has 2 heterocycles. The van der Waals surface area contributed by atoms with Crippen LogP contribution in [0.4, 0.5) is 17.6 Å². The molecule has 3 aromatic rings. The Labute approximate surface area is 175 Å². The van der Waals surface area contributed by atoms with Crippen molar-refractivity contribution < 1.29 is 22.0 Å². The topological polar surface area (TPSA) is 64.7 Å². The van der Waals surface area contributed by atoms with Crippen molar-refractivity contribution in [1.82, 2.24) is 20.4 Å². The van der Waals surface area contributed by atoms with E-state index in [-0.39, 0.29) is 29.0 Å². The predicted molar refractivity (Wildman–Crippen MR) is 102 cm³/mol. The summed E-state index contributed by atoms with van der Waals surface area (Å²) in [6, 6.07) is 5.25. The van der Waals surface area contributed by atoms with E-state index in [1.807, 2.05) is 19.9 Å². The van der Waals surface area contributed by atoms with Crippen molar-refractivity contribution in [3.05, 3.63) is 70.6 Å². The second-order valence-electron chi connectivity index (χ2n) is 8.24. The standard InChI is InChI=1S/C22H18F4N4O/c1-10(2)13-9-22(21-30-29-20(31-21)19(25)26)7-6-11(13)12-8-16(27-28-18(12)22)17-14(23)4-3-5-15(17)24/h3-5,8-11,19H,6-7H2,1-2H3/t11-,22+/m0/s1. The number of hydrogen-bond acceptors (Lipinski definition) is 5. The first-order chi connectivity index (χ1) is 14.8. The van der Waals surface area contributed by atoms with Gasteiger partial charge < -0.3 is 4.42 Å². The molecule has 31 heavy (non-hydrogen) atoms. The van der Waals surface area contributed by atoms with Crippen LogP contribution in [0, 0.1) is 17.6 Å². The monoisotopic (exact) mass is 430 g/mol. The summed E-state index contributed by atoms with van der Waals surface area (Å²) in [6.07, 6.45) is 0.306. The Kier molecular flexibility index (Phi) is 4.46. The summed E-state index contributed by atoms with van der Waals surface area (Å²) in [5, 5.41) is 15.8. The highest BCUT2D eigenvalue weighted by Gasteiger charge is 2.51. The van der Waals surface area contributed by atoms with E-state index in [1.54, 1.807) is 6.07 Å². The summed E-state index contributed by atoms with van der Waals surface area (Å²) in [7, 11) is 0. The van der Waals surface area contributed by atoms with Gasteiger partial charge in [0.25, 0.3) is 5.89 Å². The first-order valence-electron chi connectivity index (χ1n) is 9.99. The molecule has 1 aromatic carbocycles. The van der Waals surface area contributed by atoms with Crippen LogP contribution in [0.25, 0.3) is 11.3 Å². The maximum atomic E-state index is 14.4. The first-order valence-corrected chi connectivity index (χ1v) is 9.99. The molecule has 2 atom stereocenters. The van der Waals surface area contributed by atoms with Crippen LogP contribution < -0.4 is 0 Å². The van der Waals surface area contributed by atoms with Crippen LogP contribution in [0.15, 0.2) is 40.3 Å². The van der Waals surface area contributed by atoms with E-state index in [2.05, 4.69) is 20.4 Å². The van der Waals surface area contributed by atoms with Crippen molar-refractivity contribution in [1.29, 1.82) is 0 Å². The Morgan fingerprint density at radius 3 is 2.45 bits per heavy atom. The number of benzene rings is 1. The van der Waals surface area contributed by atoms with Crippen LogP contribution >= 0.6 is 0 Å². The molecule has 6 rings (SSSR count). The maximum Gasteiger partial charge on any atom is 0.314 e. The van der Waals surface area contributed by atoms with E-state index < -0.39 is 29.4 Å². The average molecular weight is 430 g/mol. The van der Waals surface area contributed by atoms with E-state index in [0.717, 1.165) is 23.3 Å². The van der Waals surface area contributed by atoms with E-state index in [0.29, 0.717) is 18.5 Å². The van der Waals surface area contributed by atoms with E-state index >= 15 is 0 Å². The third-order valence-electron chi connectivity index (χ3n) is 6.16. The third kappa shape index (κ3) is 2.90. The molecule has 160 valence electrons. The zero-order chi connectivity index (χ0) is 21.9. The Hall–Kier alpha value is -3.10. The van der Waals surface area contributed by atoms with Crippen molar-refractivity contribution in [2.45, 2.75) is 44.4 Å². The summed E-state index contributed by atoms with van der Waals surface area (Å²) in [4.78, 5) is 0. The van der Waals surface area contributed by atoms with Crippen LogP contribution in [-0.4, -0.2) is 20.4 Å². The molecule has 0 radical (unpaired) electrons. The Morgan fingerprint density at radius 1 is 1.06 bits per heavy atom. The van der Waals surface area contributed by atoms with Gasteiger partial charge in [0.1, 0.15) is 17.0 Å². The fourth-order valence-corrected chi connectivity index (χ4v) is 4.74. The number of alkyl halides is 2. The van der Waals surface area contributed by atoms with Crippen molar-refractivity contribution >= 4 is 0 Å². The van der Waals surface area contributed by atoms with Crippen molar-refractivity contribution in [3.8, 4) is 11.3 Å². The maximum absolute atomic E-state index is 14.4. The normalized spacial score (nSPS) is 22.2. The van der Waals surface area contributed by atoms with Gasteiger partial charge in [-0.2, -0.15) is 13.9 Å². The van der Waals surface area contributed by atoms with Crippen LogP contribution in [0.1, 0.15) is 62.1 Å². The molecule has 0 spiro atoms. The van der Waals surface area contributed by atoms with Gasteiger partial charge in [0, 0.05) is 5.92 Å². The Bertz CT molecular complexity index is 1190. The van der Waals surface area contributed by atoms with E-state index in [1.165, 1.54) is 6.07 Å². The molecule has 3 aliphatic rings. The summed E-state index contributed by atoms with van der Waals surface area (Å²) in [6.45, 7) is 4.06. The molecule has 0 saturated carbocycles. The molecule has 0 unspecified atom stereocenters. The largest absolute Gasteiger partial charge is 0.418 e. The van der Waals surface area contributed by atoms with Gasteiger partial charge in [0.15, 0.2) is 0 Å². The molecule has 2 aromatic heterocycles. The number of rotatable bonds is 4. The molecule has 5 nitrogen and oxygen atoms in total. The second-order valence-corrected chi connectivity index (χ2v) is 8.24. The van der Waals surface area contributed by atoms with Gasteiger partial charge in [-0.15, -0.1) is 15.3 Å². The molecule has 3 aliphatic carbocycles. The molecule has 0 aliphatic heterocycles. The smallest absolute Gasteiger partial charge is 0.314 e. The van der Waals surface area contributed by atoms with Gasteiger partial charge in [-0.1, -0.05) is 31.6 Å². The van der Waals surface area contributed by atoms with E-state index in [9.17, 15) is 17.6 Å². The molecular formula is C22H18F4N4O. The van der Waals surface area contributed by atoms with Crippen LogP contribution in [0.3, 0.4) is 0 Å². The average Bonchev–Trinajstić information content (AvgIpc) is 3.25. The number of aromatic nitrogens is 4. The third-order valence-corrected chi connectivity index (χ3v) is 6.16. The molecule has 0 saturated heterocycles. The number of allylic oxidation sites excluding steroid dienone is 2. The second kappa shape index (κ2) is 6.96. The number of fused-ring (bicyclic) bond motifs is 1. The van der Waals surface area contributed by atoms with Gasteiger partial charge in [0.05, 0.1) is 17.0 Å². The van der Waals surface area contributed by atoms with Gasteiger partial charge in [-0.25, -0.2) is 8.78 Å². The first kappa shape index (κ1) is 19.8. The highest BCUT2D eigenvalue weighted by Crippen LogP contribution is 2.56. The van der Waals surface area contributed by atoms with E-state index in [4.69, 9.17) is 4.42 Å². The zero-order valence-electron chi connectivity index (χ0n) is 16.7. The number of nitrogens with zero attached hydrogens (tertiary/aromatic N) is 4. The summed E-state index contributed by atoms with van der Waals surface area (Å²) < 4.78 is 60.2. The minimum atomic E-state index is -2.89. The number of halogens is 4.